The predicted molar refractivity (Wildman–Crippen MR) is 64.8 cm³/mol. The third kappa shape index (κ3) is 1.46. The molecule has 0 aliphatic carbocycles. The summed E-state index contributed by atoms with van der Waals surface area (Å²) in [4.78, 5) is 5.41. The van der Waals surface area contributed by atoms with Gasteiger partial charge in [-0.3, -0.25) is 0 Å². The van der Waals surface area contributed by atoms with E-state index < -0.39 is 0 Å². The zero-order valence-corrected chi connectivity index (χ0v) is 9.75. The zero-order valence-electron chi connectivity index (χ0n) is 8.93. The molecule has 2 N–H and O–H groups in total. The van der Waals surface area contributed by atoms with Crippen LogP contribution in [0.5, 0.6) is 5.75 Å². The number of aryl methyl sites for hydroxylation is 1. The van der Waals surface area contributed by atoms with E-state index in [1.165, 1.54) is 5.56 Å². The second-order valence-corrected chi connectivity index (χ2v) is 5.15. The van der Waals surface area contributed by atoms with Crippen molar-refractivity contribution in [3.8, 4) is 5.75 Å². The average Bonchev–Trinajstić information content (AvgIpc) is 2.83. The van der Waals surface area contributed by atoms with Crippen LogP contribution in [0, 0.1) is 6.92 Å². The lowest BCUT2D eigenvalue weighted by Gasteiger charge is -2.05. The summed E-state index contributed by atoms with van der Waals surface area (Å²) in [5.74, 6) is 1.60. The van der Waals surface area contributed by atoms with Gasteiger partial charge in [0.15, 0.2) is 6.10 Å². The summed E-state index contributed by atoms with van der Waals surface area (Å²) in [6.45, 7) is 1.98. The summed E-state index contributed by atoms with van der Waals surface area (Å²) < 4.78 is 5.85. The molecule has 0 radical (unpaired) electrons. The Morgan fingerprint density at radius 1 is 1.44 bits per heavy atom. The standard InChI is InChI=1S/C12H12N2OS/c1-7-11(13)14-12(16-7)10-6-8-4-2-3-5-9(8)15-10/h2-5,10H,6,13H2,1H3. The van der Waals surface area contributed by atoms with Crippen LogP contribution in [-0.2, 0) is 6.42 Å². The molecule has 0 fully saturated rings. The molecule has 2 aromatic rings. The van der Waals surface area contributed by atoms with Crippen molar-refractivity contribution in [3.05, 3.63) is 39.7 Å². The minimum atomic E-state index is 0.0402. The maximum absolute atomic E-state index is 5.85. The molecule has 0 saturated carbocycles. The molecule has 1 aromatic carbocycles. The van der Waals surface area contributed by atoms with Crippen LogP contribution in [0.4, 0.5) is 5.82 Å². The first-order valence-electron chi connectivity index (χ1n) is 5.21. The number of hydrogen-bond acceptors (Lipinski definition) is 4. The topological polar surface area (TPSA) is 48.1 Å². The number of aromatic nitrogens is 1. The lowest BCUT2D eigenvalue weighted by Crippen LogP contribution is -2.02. The Labute approximate surface area is 97.9 Å². The van der Waals surface area contributed by atoms with E-state index in [0.29, 0.717) is 5.82 Å². The van der Waals surface area contributed by atoms with Crippen molar-refractivity contribution >= 4 is 17.2 Å². The van der Waals surface area contributed by atoms with Crippen LogP contribution >= 0.6 is 11.3 Å². The Balaban J connectivity index is 1.91. The van der Waals surface area contributed by atoms with Gasteiger partial charge in [0.25, 0.3) is 0 Å². The first-order chi connectivity index (χ1) is 7.74. The molecule has 1 aliphatic rings. The minimum absolute atomic E-state index is 0.0402. The number of hydrogen-bond donors (Lipinski definition) is 1. The second kappa shape index (κ2) is 3.49. The van der Waals surface area contributed by atoms with Gasteiger partial charge < -0.3 is 10.5 Å². The molecule has 0 amide bonds. The van der Waals surface area contributed by atoms with Gasteiger partial charge in [-0.1, -0.05) is 18.2 Å². The summed E-state index contributed by atoms with van der Waals surface area (Å²) in [5, 5.41) is 0.978. The number of fused-ring (bicyclic) bond motifs is 1. The van der Waals surface area contributed by atoms with Crippen molar-refractivity contribution in [2.75, 3.05) is 5.73 Å². The van der Waals surface area contributed by atoms with Gasteiger partial charge in [0.2, 0.25) is 0 Å². The molecule has 1 aromatic heterocycles. The lowest BCUT2D eigenvalue weighted by atomic mass is 10.1. The largest absolute Gasteiger partial charge is 0.483 e. The predicted octanol–water partition coefficient (Wildman–Crippen LogP) is 2.71. The number of benzene rings is 1. The van der Waals surface area contributed by atoms with E-state index in [1.54, 1.807) is 11.3 Å². The maximum atomic E-state index is 5.85. The van der Waals surface area contributed by atoms with Gasteiger partial charge in [0.05, 0.1) is 0 Å². The monoisotopic (exact) mass is 232 g/mol. The number of nitrogens with two attached hydrogens (primary N) is 1. The molecular formula is C12H12N2OS. The molecule has 2 heterocycles. The summed E-state index contributed by atoms with van der Waals surface area (Å²) in [6.07, 6.45) is 0.932. The Hall–Kier alpha value is -1.55. The second-order valence-electron chi connectivity index (χ2n) is 3.91. The van der Waals surface area contributed by atoms with Gasteiger partial charge in [-0.2, -0.15) is 0 Å². The van der Waals surface area contributed by atoms with Crippen LogP contribution in [0.15, 0.2) is 24.3 Å². The highest BCUT2D eigenvalue weighted by Crippen LogP contribution is 2.38. The Bertz CT molecular complexity index is 491. The van der Waals surface area contributed by atoms with Gasteiger partial charge in [-0.25, -0.2) is 4.98 Å². The molecule has 1 unspecified atom stereocenters. The number of ether oxygens (including phenoxy) is 1. The van der Waals surface area contributed by atoms with Crippen molar-refractivity contribution < 1.29 is 4.74 Å². The quantitative estimate of drug-likeness (QED) is 0.822. The lowest BCUT2D eigenvalue weighted by molar-refractivity contribution is 0.238. The summed E-state index contributed by atoms with van der Waals surface area (Å²) in [5.41, 5.74) is 7.01. The van der Waals surface area contributed by atoms with Crippen LogP contribution in [0.1, 0.15) is 21.6 Å². The van der Waals surface area contributed by atoms with Gasteiger partial charge in [-0.05, 0) is 18.6 Å². The fourth-order valence-corrected chi connectivity index (χ4v) is 2.76. The molecule has 0 bridgehead atoms. The molecule has 0 spiro atoms. The van der Waals surface area contributed by atoms with Crippen molar-refractivity contribution in [2.24, 2.45) is 0 Å². The number of nitrogen functional groups attached to an aromatic ring is 1. The number of nitrogens with zero attached hydrogens (tertiary/aromatic N) is 1. The normalized spacial score (nSPS) is 18.2. The molecule has 3 nitrogen and oxygen atoms in total. The highest BCUT2D eigenvalue weighted by Gasteiger charge is 2.26. The summed E-state index contributed by atoms with van der Waals surface area (Å²) >= 11 is 1.62. The smallest absolute Gasteiger partial charge is 0.154 e. The first kappa shape index (κ1) is 9.66. The fraction of sp³-hybridized carbons (Fsp3) is 0.250. The highest BCUT2D eigenvalue weighted by molar-refractivity contribution is 7.12. The Kier molecular flexibility index (Phi) is 2.11. The highest BCUT2D eigenvalue weighted by atomic mass is 32.1. The third-order valence-corrected chi connectivity index (χ3v) is 3.85. The zero-order chi connectivity index (χ0) is 11.1. The van der Waals surface area contributed by atoms with Gasteiger partial charge in [0, 0.05) is 11.3 Å². The number of para-hydroxylation sites is 1. The van der Waals surface area contributed by atoms with Crippen molar-refractivity contribution in [1.82, 2.24) is 4.98 Å². The molecule has 4 heteroatoms. The summed E-state index contributed by atoms with van der Waals surface area (Å²) in [7, 11) is 0. The molecule has 82 valence electrons. The van der Waals surface area contributed by atoms with Gasteiger partial charge >= 0.3 is 0 Å². The SMILES string of the molecule is Cc1sc(C2Cc3ccccc3O2)nc1N. The van der Waals surface area contributed by atoms with E-state index in [4.69, 9.17) is 10.5 Å². The molecule has 0 saturated heterocycles. The third-order valence-electron chi connectivity index (χ3n) is 2.77. The van der Waals surface area contributed by atoms with E-state index in [0.717, 1.165) is 22.1 Å². The Morgan fingerprint density at radius 3 is 2.94 bits per heavy atom. The Morgan fingerprint density at radius 2 is 2.25 bits per heavy atom. The molecular weight excluding hydrogens is 220 g/mol. The van der Waals surface area contributed by atoms with Crippen LogP contribution < -0.4 is 10.5 Å². The van der Waals surface area contributed by atoms with Crippen molar-refractivity contribution in [3.63, 3.8) is 0 Å². The molecule has 3 rings (SSSR count). The van der Waals surface area contributed by atoms with Crippen molar-refractivity contribution in [1.29, 1.82) is 0 Å². The van der Waals surface area contributed by atoms with Gasteiger partial charge in [-0.15, -0.1) is 11.3 Å². The molecule has 16 heavy (non-hydrogen) atoms. The number of anilines is 1. The van der Waals surface area contributed by atoms with Crippen molar-refractivity contribution in [2.45, 2.75) is 19.4 Å². The van der Waals surface area contributed by atoms with E-state index in [9.17, 15) is 0 Å². The first-order valence-corrected chi connectivity index (χ1v) is 6.03. The van der Waals surface area contributed by atoms with Crippen LogP contribution in [0.2, 0.25) is 0 Å². The van der Waals surface area contributed by atoms with E-state index in [-0.39, 0.29) is 6.10 Å². The molecule has 1 atom stereocenters. The summed E-state index contributed by atoms with van der Waals surface area (Å²) in [6, 6.07) is 8.12. The maximum Gasteiger partial charge on any atom is 0.154 e. The number of rotatable bonds is 1. The average molecular weight is 232 g/mol. The minimum Gasteiger partial charge on any atom is -0.483 e. The van der Waals surface area contributed by atoms with E-state index in [2.05, 4.69) is 11.1 Å². The van der Waals surface area contributed by atoms with E-state index in [1.807, 2.05) is 25.1 Å². The number of thiazole rings is 1. The van der Waals surface area contributed by atoms with Crippen LogP contribution in [0.25, 0.3) is 0 Å². The van der Waals surface area contributed by atoms with Crippen LogP contribution in [0.3, 0.4) is 0 Å². The van der Waals surface area contributed by atoms with Crippen LogP contribution in [-0.4, -0.2) is 4.98 Å². The van der Waals surface area contributed by atoms with E-state index >= 15 is 0 Å². The van der Waals surface area contributed by atoms with Gasteiger partial charge in [0.1, 0.15) is 16.6 Å². The molecule has 1 aliphatic heterocycles. The fourth-order valence-electron chi connectivity index (χ4n) is 1.89.